The van der Waals surface area contributed by atoms with Crippen molar-refractivity contribution in [1.29, 1.82) is 0 Å². The maximum absolute atomic E-state index is 12.2. The molecule has 0 bridgehead atoms. The molecule has 1 aromatic rings. The van der Waals surface area contributed by atoms with Crippen molar-refractivity contribution in [3.8, 4) is 5.75 Å². The number of nitrogens with one attached hydrogen (secondary N) is 1. The van der Waals surface area contributed by atoms with Gasteiger partial charge in [-0.15, -0.1) is 0 Å². The van der Waals surface area contributed by atoms with Crippen molar-refractivity contribution in [3.05, 3.63) is 22.7 Å². The molecule has 0 fully saturated rings. The number of rotatable bonds is 6. The molecule has 20 heavy (non-hydrogen) atoms. The van der Waals surface area contributed by atoms with Crippen LogP contribution in [-0.4, -0.2) is 32.6 Å². The van der Waals surface area contributed by atoms with Crippen molar-refractivity contribution in [2.24, 2.45) is 5.92 Å². The number of aliphatic carboxylic acids is 1. The van der Waals surface area contributed by atoms with Crippen molar-refractivity contribution >= 4 is 31.9 Å². The minimum Gasteiger partial charge on any atom is -0.496 e. The van der Waals surface area contributed by atoms with Gasteiger partial charge in [0.05, 0.1) is 16.5 Å². The van der Waals surface area contributed by atoms with Crippen LogP contribution in [0.25, 0.3) is 0 Å². The third-order valence-corrected chi connectivity index (χ3v) is 4.71. The van der Waals surface area contributed by atoms with Crippen LogP contribution < -0.4 is 9.46 Å². The van der Waals surface area contributed by atoms with Gasteiger partial charge in [-0.1, -0.05) is 13.8 Å². The van der Waals surface area contributed by atoms with Gasteiger partial charge in [-0.3, -0.25) is 4.79 Å². The Morgan fingerprint density at radius 3 is 2.40 bits per heavy atom. The van der Waals surface area contributed by atoms with E-state index in [1.165, 1.54) is 25.3 Å². The zero-order valence-electron chi connectivity index (χ0n) is 11.3. The van der Waals surface area contributed by atoms with Gasteiger partial charge >= 0.3 is 5.97 Å². The minimum absolute atomic E-state index is 0.0305. The fourth-order valence-electron chi connectivity index (χ4n) is 1.52. The number of sulfonamides is 1. The number of hydrogen-bond donors (Lipinski definition) is 2. The molecular formula is C12H16BrNO5S. The van der Waals surface area contributed by atoms with Crippen molar-refractivity contribution in [1.82, 2.24) is 4.72 Å². The molecule has 0 aromatic heterocycles. The highest BCUT2D eigenvalue weighted by Crippen LogP contribution is 2.27. The maximum Gasteiger partial charge on any atom is 0.322 e. The molecule has 1 rings (SSSR count). The van der Waals surface area contributed by atoms with E-state index in [0.29, 0.717) is 10.2 Å². The SMILES string of the molecule is COc1ccc(S(=O)(=O)NC(C(=O)O)C(C)C)cc1Br. The van der Waals surface area contributed by atoms with E-state index < -0.39 is 22.0 Å². The lowest BCUT2D eigenvalue weighted by molar-refractivity contribution is -0.140. The van der Waals surface area contributed by atoms with Crippen molar-refractivity contribution in [2.45, 2.75) is 24.8 Å². The molecule has 0 saturated carbocycles. The predicted octanol–water partition coefficient (Wildman–Crippen LogP) is 1.85. The van der Waals surface area contributed by atoms with Gasteiger partial charge in [-0.2, -0.15) is 4.72 Å². The largest absolute Gasteiger partial charge is 0.496 e. The van der Waals surface area contributed by atoms with E-state index in [0.717, 1.165) is 0 Å². The summed E-state index contributed by atoms with van der Waals surface area (Å²) in [5, 5.41) is 9.03. The molecule has 8 heteroatoms. The zero-order chi connectivity index (χ0) is 15.5. The highest BCUT2D eigenvalue weighted by Gasteiger charge is 2.28. The van der Waals surface area contributed by atoms with Crippen LogP contribution in [0.5, 0.6) is 5.75 Å². The van der Waals surface area contributed by atoms with Crippen LogP contribution in [0, 0.1) is 5.92 Å². The second kappa shape index (κ2) is 6.55. The highest BCUT2D eigenvalue weighted by atomic mass is 79.9. The van der Waals surface area contributed by atoms with Crippen LogP contribution in [0.2, 0.25) is 0 Å². The Morgan fingerprint density at radius 2 is 2.00 bits per heavy atom. The summed E-state index contributed by atoms with van der Waals surface area (Å²) in [5.41, 5.74) is 0. The number of carboxylic acid groups (broad SMARTS) is 1. The van der Waals surface area contributed by atoms with Crippen LogP contribution in [0.15, 0.2) is 27.6 Å². The van der Waals surface area contributed by atoms with Crippen LogP contribution in [-0.2, 0) is 14.8 Å². The van der Waals surface area contributed by atoms with Crippen LogP contribution >= 0.6 is 15.9 Å². The van der Waals surface area contributed by atoms with Gasteiger partial charge in [0, 0.05) is 0 Å². The molecule has 1 unspecified atom stereocenters. The Kier molecular flexibility index (Phi) is 5.55. The number of hydrogen-bond acceptors (Lipinski definition) is 4. The van der Waals surface area contributed by atoms with Crippen LogP contribution in [0.4, 0.5) is 0 Å². The Labute approximate surface area is 126 Å². The first kappa shape index (κ1) is 16.9. The van der Waals surface area contributed by atoms with E-state index in [1.54, 1.807) is 13.8 Å². The fraction of sp³-hybridized carbons (Fsp3) is 0.417. The number of methoxy groups -OCH3 is 1. The van der Waals surface area contributed by atoms with Gasteiger partial charge in [-0.05, 0) is 40.0 Å². The Bertz CT molecular complexity index is 600. The second-order valence-electron chi connectivity index (χ2n) is 4.48. The van der Waals surface area contributed by atoms with Gasteiger partial charge in [0.1, 0.15) is 11.8 Å². The summed E-state index contributed by atoms with van der Waals surface area (Å²) in [7, 11) is -2.45. The lowest BCUT2D eigenvalue weighted by Crippen LogP contribution is -2.44. The number of halogens is 1. The predicted molar refractivity (Wildman–Crippen MR) is 77.3 cm³/mol. The fourth-order valence-corrected chi connectivity index (χ4v) is 3.58. The summed E-state index contributed by atoms with van der Waals surface area (Å²) < 4.78 is 32.0. The Balaban J connectivity index is 3.11. The highest BCUT2D eigenvalue weighted by molar-refractivity contribution is 9.10. The average Bonchev–Trinajstić information content (AvgIpc) is 2.35. The van der Waals surface area contributed by atoms with Gasteiger partial charge in [0.25, 0.3) is 0 Å². The number of benzene rings is 1. The monoisotopic (exact) mass is 365 g/mol. The lowest BCUT2D eigenvalue weighted by atomic mass is 10.1. The number of carboxylic acids is 1. The van der Waals surface area contributed by atoms with E-state index in [2.05, 4.69) is 20.7 Å². The van der Waals surface area contributed by atoms with Crippen molar-refractivity contribution in [3.63, 3.8) is 0 Å². The lowest BCUT2D eigenvalue weighted by Gasteiger charge is -2.18. The summed E-state index contributed by atoms with van der Waals surface area (Å²) in [6.07, 6.45) is 0. The molecule has 112 valence electrons. The zero-order valence-corrected chi connectivity index (χ0v) is 13.7. The second-order valence-corrected chi connectivity index (χ2v) is 7.05. The van der Waals surface area contributed by atoms with Gasteiger partial charge in [0.2, 0.25) is 10.0 Å². The summed E-state index contributed by atoms with van der Waals surface area (Å²) in [6, 6.07) is 3.02. The third-order valence-electron chi connectivity index (χ3n) is 2.65. The van der Waals surface area contributed by atoms with E-state index in [9.17, 15) is 13.2 Å². The van der Waals surface area contributed by atoms with Crippen molar-refractivity contribution < 1.29 is 23.1 Å². The Morgan fingerprint density at radius 1 is 1.40 bits per heavy atom. The molecule has 1 atom stereocenters. The molecule has 2 N–H and O–H groups in total. The van der Waals surface area contributed by atoms with Gasteiger partial charge < -0.3 is 9.84 Å². The summed E-state index contributed by atoms with van der Waals surface area (Å²) in [4.78, 5) is 11.0. The molecule has 0 heterocycles. The summed E-state index contributed by atoms with van der Waals surface area (Å²) >= 11 is 3.19. The molecule has 1 aromatic carbocycles. The topological polar surface area (TPSA) is 92.7 Å². The van der Waals surface area contributed by atoms with E-state index >= 15 is 0 Å². The quantitative estimate of drug-likeness (QED) is 0.802. The van der Waals surface area contributed by atoms with E-state index in [4.69, 9.17) is 9.84 Å². The average molecular weight is 366 g/mol. The number of carbonyl (C=O) groups is 1. The summed E-state index contributed by atoms with van der Waals surface area (Å²) in [6.45, 7) is 3.26. The molecule has 0 amide bonds. The first-order chi connectivity index (χ1) is 9.19. The maximum atomic E-state index is 12.2. The van der Waals surface area contributed by atoms with Crippen LogP contribution in [0.1, 0.15) is 13.8 Å². The summed E-state index contributed by atoms with van der Waals surface area (Å²) in [5.74, 6) is -1.09. The molecule has 6 nitrogen and oxygen atoms in total. The van der Waals surface area contributed by atoms with Crippen LogP contribution in [0.3, 0.4) is 0 Å². The minimum atomic E-state index is -3.91. The van der Waals surface area contributed by atoms with Gasteiger partial charge in [0.15, 0.2) is 0 Å². The van der Waals surface area contributed by atoms with Gasteiger partial charge in [-0.25, -0.2) is 8.42 Å². The normalized spacial score (nSPS) is 13.2. The smallest absolute Gasteiger partial charge is 0.322 e. The molecule has 0 radical (unpaired) electrons. The number of ether oxygens (including phenoxy) is 1. The molecule has 0 saturated heterocycles. The van der Waals surface area contributed by atoms with Crippen molar-refractivity contribution in [2.75, 3.05) is 7.11 Å². The molecule has 0 aliphatic rings. The first-order valence-electron chi connectivity index (χ1n) is 5.77. The molecule has 0 aliphatic heterocycles. The van der Waals surface area contributed by atoms with E-state index in [-0.39, 0.29) is 10.8 Å². The molecule has 0 aliphatic carbocycles. The standard InChI is InChI=1S/C12H16BrNO5S/c1-7(2)11(12(15)16)14-20(17,18)8-4-5-10(19-3)9(13)6-8/h4-7,11,14H,1-3H3,(H,15,16). The molecular weight excluding hydrogens is 350 g/mol. The van der Waals surface area contributed by atoms with E-state index in [1.807, 2.05) is 0 Å². The first-order valence-corrected chi connectivity index (χ1v) is 8.05. The molecule has 0 spiro atoms. The third kappa shape index (κ3) is 3.94. The Hall–Kier alpha value is -1.12.